The summed E-state index contributed by atoms with van der Waals surface area (Å²) in [7, 11) is 1.43. The van der Waals surface area contributed by atoms with Gasteiger partial charge in [0.25, 0.3) is 0 Å². The number of allylic oxidation sites excluding steroid dienone is 3. The fraction of sp³-hybridized carbons (Fsp3) is 0.471. The Hall–Kier alpha value is -2.98. The van der Waals surface area contributed by atoms with E-state index in [4.69, 9.17) is 9.47 Å². The standard InChI is InChI=1S/C34H42O4/c1-3-4-8-15-29(35)22-23-30-31(16-11-5-6-12-17-33(36)37-2)34(24-32(30)38-25-34)28-20-18-27(19-21-28)26-13-9-7-10-14-26/h5,7,9-11,13-14,18-23,30-32H,3-4,6,8,12,15-17,24-25H2,1-2H3/t30-,31-,32-,34-/m0/s1. The molecule has 0 radical (unpaired) electrons. The summed E-state index contributed by atoms with van der Waals surface area (Å²) < 4.78 is 11.1. The zero-order valence-corrected chi connectivity index (χ0v) is 22.9. The second kappa shape index (κ2) is 13.7. The van der Waals surface area contributed by atoms with Crippen LogP contribution in [-0.4, -0.2) is 31.6 Å². The number of hydrogen-bond donors (Lipinski definition) is 0. The number of rotatable bonds is 14. The number of benzene rings is 2. The minimum atomic E-state index is -0.157. The van der Waals surface area contributed by atoms with Crippen LogP contribution in [0.5, 0.6) is 0 Å². The molecule has 0 spiro atoms. The Kier molecular flexibility index (Phi) is 10.1. The predicted octanol–water partition coefficient (Wildman–Crippen LogP) is 7.62. The highest BCUT2D eigenvalue weighted by molar-refractivity contribution is 5.89. The van der Waals surface area contributed by atoms with Crippen LogP contribution in [-0.2, 0) is 24.5 Å². The van der Waals surface area contributed by atoms with Gasteiger partial charge in [-0.3, -0.25) is 9.59 Å². The Morgan fingerprint density at radius 3 is 2.47 bits per heavy atom. The zero-order valence-electron chi connectivity index (χ0n) is 22.9. The maximum Gasteiger partial charge on any atom is 0.305 e. The zero-order chi connectivity index (χ0) is 26.8. The number of carbonyl (C=O) groups is 2. The van der Waals surface area contributed by atoms with Gasteiger partial charge in [0.15, 0.2) is 5.78 Å². The summed E-state index contributed by atoms with van der Waals surface area (Å²) in [6, 6.07) is 19.5. The topological polar surface area (TPSA) is 52.6 Å². The van der Waals surface area contributed by atoms with Gasteiger partial charge in [-0.1, -0.05) is 92.6 Å². The van der Waals surface area contributed by atoms with Gasteiger partial charge in [0, 0.05) is 24.2 Å². The molecule has 2 fully saturated rings. The second-order valence-corrected chi connectivity index (χ2v) is 10.8. The van der Waals surface area contributed by atoms with E-state index in [9.17, 15) is 9.59 Å². The van der Waals surface area contributed by atoms with E-state index in [0.717, 1.165) is 51.6 Å². The van der Waals surface area contributed by atoms with Crippen LogP contribution < -0.4 is 0 Å². The fourth-order valence-electron chi connectivity index (χ4n) is 6.22. The quantitative estimate of drug-likeness (QED) is 0.113. The SMILES string of the molecule is CCCCCC(=O)C=C[C@@H]1[C@@H]2C[C@@](c3ccc(-c4ccccc4)cc3)(CO2)[C@H]1CC=CCCCC(=O)OC. The number of fused-ring (bicyclic) bond motifs is 2. The Labute approximate surface area is 228 Å². The number of ketones is 1. The predicted molar refractivity (Wildman–Crippen MR) is 153 cm³/mol. The molecule has 0 unspecified atom stereocenters. The molecule has 4 heteroatoms. The maximum atomic E-state index is 12.5. The summed E-state index contributed by atoms with van der Waals surface area (Å²) in [6.07, 6.45) is 16.4. The third-order valence-corrected chi connectivity index (χ3v) is 8.36. The molecular formula is C34H42O4. The molecule has 0 aromatic heterocycles. The van der Waals surface area contributed by atoms with Crippen LogP contribution in [0.25, 0.3) is 11.1 Å². The first-order valence-electron chi connectivity index (χ1n) is 14.3. The van der Waals surface area contributed by atoms with Crippen molar-refractivity contribution in [2.24, 2.45) is 11.8 Å². The molecule has 1 heterocycles. The Bertz CT molecular complexity index is 1100. The summed E-state index contributed by atoms with van der Waals surface area (Å²) in [4.78, 5) is 24.0. The monoisotopic (exact) mass is 514 g/mol. The first-order valence-corrected chi connectivity index (χ1v) is 14.3. The van der Waals surface area contributed by atoms with E-state index in [0.29, 0.717) is 18.8 Å². The van der Waals surface area contributed by atoms with E-state index in [1.54, 1.807) is 0 Å². The van der Waals surface area contributed by atoms with Crippen molar-refractivity contribution in [2.75, 3.05) is 13.7 Å². The van der Waals surface area contributed by atoms with Crippen molar-refractivity contribution in [1.29, 1.82) is 0 Å². The van der Waals surface area contributed by atoms with Crippen molar-refractivity contribution in [1.82, 2.24) is 0 Å². The molecule has 2 aromatic rings. The normalized spacial score (nSPS) is 24.4. The van der Waals surface area contributed by atoms with Crippen LogP contribution in [0, 0.1) is 11.8 Å². The van der Waals surface area contributed by atoms with Crippen LogP contribution in [0.2, 0.25) is 0 Å². The first-order chi connectivity index (χ1) is 18.6. The summed E-state index contributed by atoms with van der Waals surface area (Å²) in [6.45, 7) is 2.88. The highest BCUT2D eigenvalue weighted by Gasteiger charge is 2.58. The number of unbranched alkanes of at least 4 members (excludes halogenated alkanes) is 3. The third kappa shape index (κ3) is 6.71. The molecule has 1 saturated heterocycles. The van der Waals surface area contributed by atoms with Gasteiger partial charge in [-0.2, -0.15) is 0 Å². The molecule has 202 valence electrons. The molecule has 1 aliphatic heterocycles. The van der Waals surface area contributed by atoms with E-state index >= 15 is 0 Å². The number of hydrogen-bond acceptors (Lipinski definition) is 4. The van der Waals surface area contributed by atoms with Crippen molar-refractivity contribution in [2.45, 2.75) is 76.2 Å². The lowest BCUT2D eigenvalue weighted by Crippen LogP contribution is -2.39. The van der Waals surface area contributed by atoms with Crippen LogP contribution in [0.4, 0.5) is 0 Å². The van der Waals surface area contributed by atoms with E-state index in [-0.39, 0.29) is 29.2 Å². The highest BCUT2D eigenvalue weighted by atomic mass is 16.5. The van der Waals surface area contributed by atoms with Gasteiger partial charge in [0.2, 0.25) is 0 Å². The number of carbonyl (C=O) groups excluding carboxylic acids is 2. The van der Waals surface area contributed by atoms with Gasteiger partial charge < -0.3 is 9.47 Å². The van der Waals surface area contributed by atoms with Crippen molar-refractivity contribution >= 4 is 11.8 Å². The fourth-order valence-corrected chi connectivity index (χ4v) is 6.22. The van der Waals surface area contributed by atoms with E-state index in [1.807, 2.05) is 12.1 Å². The van der Waals surface area contributed by atoms with Crippen molar-refractivity contribution in [3.8, 4) is 11.1 Å². The van der Waals surface area contributed by atoms with Crippen LogP contribution in [0.15, 0.2) is 78.9 Å². The lowest BCUT2D eigenvalue weighted by atomic mass is 9.69. The van der Waals surface area contributed by atoms with E-state index < -0.39 is 0 Å². The molecule has 2 bridgehead atoms. The van der Waals surface area contributed by atoms with Crippen LogP contribution >= 0.6 is 0 Å². The van der Waals surface area contributed by atoms with Gasteiger partial charge in [-0.25, -0.2) is 0 Å². The lowest BCUT2D eigenvalue weighted by molar-refractivity contribution is -0.140. The smallest absolute Gasteiger partial charge is 0.305 e. The average molecular weight is 515 g/mol. The molecule has 0 amide bonds. The lowest BCUT2D eigenvalue weighted by Gasteiger charge is -2.38. The summed E-state index contributed by atoms with van der Waals surface area (Å²) >= 11 is 0. The van der Waals surface area contributed by atoms with Crippen LogP contribution in [0.1, 0.15) is 70.3 Å². The van der Waals surface area contributed by atoms with E-state index in [2.05, 4.69) is 73.7 Å². The van der Waals surface area contributed by atoms with Gasteiger partial charge in [-0.15, -0.1) is 0 Å². The molecule has 2 aromatic carbocycles. The third-order valence-electron chi connectivity index (χ3n) is 8.36. The minimum Gasteiger partial charge on any atom is -0.469 e. The second-order valence-electron chi connectivity index (χ2n) is 10.8. The van der Waals surface area contributed by atoms with Gasteiger partial charge in [0.1, 0.15) is 0 Å². The molecule has 4 atom stereocenters. The molecule has 4 rings (SSSR count). The first kappa shape index (κ1) is 28.0. The summed E-state index contributed by atoms with van der Waals surface area (Å²) in [5.41, 5.74) is 3.71. The van der Waals surface area contributed by atoms with Gasteiger partial charge in [0.05, 0.1) is 19.8 Å². The minimum absolute atomic E-state index is 0.0590. The van der Waals surface area contributed by atoms with Gasteiger partial charge in [-0.05, 0) is 60.8 Å². The summed E-state index contributed by atoms with van der Waals surface area (Å²) in [5, 5.41) is 0. The molecular weight excluding hydrogens is 472 g/mol. The molecule has 1 saturated carbocycles. The average Bonchev–Trinajstić information content (AvgIpc) is 3.52. The molecule has 38 heavy (non-hydrogen) atoms. The molecule has 2 aliphatic rings. The van der Waals surface area contributed by atoms with E-state index in [1.165, 1.54) is 23.8 Å². The van der Waals surface area contributed by atoms with Crippen molar-refractivity contribution < 1.29 is 19.1 Å². The molecule has 0 N–H and O–H groups in total. The Morgan fingerprint density at radius 1 is 0.974 bits per heavy atom. The van der Waals surface area contributed by atoms with Crippen LogP contribution in [0.3, 0.4) is 0 Å². The molecule has 4 nitrogen and oxygen atoms in total. The maximum absolute atomic E-state index is 12.5. The van der Waals surface area contributed by atoms with Crippen molar-refractivity contribution in [3.63, 3.8) is 0 Å². The molecule has 1 aliphatic carbocycles. The number of esters is 1. The number of ether oxygens (including phenoxy) is 2. The number of methoxy groups -OCH3 is 1. The van der Waals surface area contributed by atoms with Crippen molar-refractivity contribution in [3.05, 3.63) is 84.5 Å². The van der Waals surface area contributed by atoms with Gasteiger partial charge >= 0.3 is 5.97 Å². The highest BCUT2D eigenvalue weighted by Crippen LogP contribution is 2.57. The largest absolute Gasteiger partial charge is 0.469 e. The Balaban J connectivity index is 1.51. The Morgan fingerprint density at radius 2 is 1.74 bits per heavy atom. The summed E-state index contributed by atoms with van der Waals surface area (Å²) in [5.74, 6) is 0.641.